The van der Waals surface area contributed by atoms with Crippen molar-refractivity contribution >= 4 is 11.6 Å². The summed E-state index contributed by atoms with van der Waals surface area (Å²) in [5.74, 6) is -1.14. The first-order valence-electron chi connectivity index (χ1n) is 8.76. The third kappa shape index (κ3) is 4.32. The molecule has 1 amide bonds. The highest BCUT2D eigenvalue weighted by molar-refractivity contribution is 6.02. The maximum absolute atomic E-state index is 14.1. The lowest BCUT2D eigenvalue weighted by Crippen LogP contribution is -2.27. The Hall–Kier alpha value is -3.32. The number of nitrogens with zero attached hydrogens (tertiary/aromatic N) is 3. The van der Waals surface area contributed by atoms with E-state index >= 15 is 0 Å². The minimum atomic E-state index is -0.642. The summed E-state index contributed by atoms with van der Waals surface area (Å²) < 4.78 is 15.4. The molecule has 0 aliphatic heterocycles. The number of rotatable bonds is 5. The third-order valence-corrected chi connectivity index (χ3v) is 4.09. The average molecular weight is 380 g/mol. The van der Waals surface area contributed by atoms with Gasteiger partial charge in [-0.25, -0.2) is 9.07 Å². The Morgan fingerprint density at radius 3 is 2.61 bits per heavy atom. The van der Waals surface area contributed by atoms with E-state index in [0.29, 0.717) is 17.9 Å². The number of nitrogens with one attached hydrogen (secondary N) is 1. The number of carbonyl (C=O) groups excluding carboxylic acids is 1. The van der Waals surface area contributed by atoms with Crippen LogP contribution in [-0.4, -0.2) is 34.7 Å². The Bertz CT molecular complexity index is 1080. The molecule has 0 atom stereocenters. The topological polar surface area (TPSA) is 67.2 Å². The van der Waals surface area contributed by atoms with Crippen LogP contribution in [0.25, 0.3) is 5.69 Å². The van der Waals surface area contributed by atoms with Crippen molar-refractivity contribution < 1.29 is 9.18 Å². The van der Waals surface area contributed by atoms with Crippen LogP contribution < -0.4 is 10.7 Å². The van der Waals surface area contributed by atoms with Gasteiger partial charge < -0.3 is 10.2 Å². The third-order valence-electron chi connectivity index (χ3n) is 4.09. The van der Waals surface area contributed by atoms with Gasteiger partial charge in [0.2, 0.25) is 5.43 Å². The summed E-state index contributed by atoms with van der Waals surface area (Å²) in [5, 5.41) is 6.81. The summed E-state index contributed by atoms with van der Waals surface area (Å²) in [4.78, 5) is 27.0. The molecular formula is C21H21FN4O2. The maximum atomic E-state index is 14.1. The van der Waals surface area contributed by atoms with Gasteiger partial charge in [0.15, 0.2) is 5.69 Å². The first-order valence-corrected chi connectivity index (χ1v) is 8.76. The smallest absolute Gasteiger partial charge is 0.280 e. The molecule has 1 N–H and O–H groups in total. The molecule has 0 saturated heterocycles. The Morgan fingerprint density at radius 2 is 1.89 bits per heavy atom. The van der Waals surface area contributed by atoms with Gasteiger partial charge in [-0.2, -0.15) is 5.10 Å². The van der Waals surface area contributed by atoms with Gasteiger partial charge in [-0.15, -0.1) is 0 Å². The van der Waals surface area contributed by atoms with Gasteiger partial charge in [0.25, 0.3) is 5.91 Å². The molecule has 28 heavy (non-hydrogen) atoms. The fraction of sp³-hybridized carbons (Fsp3) is 0.190. The van der Waals surface area contributed by atoms with E-state index < -0.39 is 17.2 Å². The molecular weight excluding hydrogens is 359 g/mol. The summed E-state index contributed by atoms with van der Waals surface area (Å²) in [6.07, 6.45) is 0. The lowest BCUT2D eigenvalue weighted by Gasteiger charge is -2.13. The van der Waals surface area contributed by atoms with Crippen LogP contribution in [0.15, 0.2) is 59.4 Å². The fourth-order valence-corrected chi connectivity index (χ4v) is 2.87. The Kier molecular flexibility index (Phi) is 5.65. The highest BCUT2D eigenvalue weighted by Crippen LogP contribution is 2.15. The molecule has 0 spiro atoms. The molecule has 0 aliphatic rings. The zero-order valence-corrected chi connectivity index (χ0v) is 15.9. The molecule has 7 heteroatoms. The van der Waals surface area contributed by atoms with Crippen molar-refractivity contribution in [2.24, 2.45) is 0 Å². The second kappa shape index (κ2) is 8.14. The summed E-state index contributed by atoms with van der Waals surface area (Å²) in [6.45, 7) is 2.35. The van der Waals surface area contributed by atoms with E-state index in [1.54, 1.807) is 25.1 Å². The number of benzene rings is 2. The van der Waals surface area contributed by atoms with Crippen LogP contribution in [0, 0.1) is 12.7 Å². The molecule has 0 radical (unpaired) electrons. The van der Waals surface area contributed by atoms with Crippen LogP contribution in [-0.2, 0) is 6.54 Å². The van der Waals surface area contributed by atoms with E-state index in [1.807, 2.05) is 37.2 Å². The van der Waals surface area contributed by atoms with Crippen LogP contribution in [0.1, 0.15) is 21.7 Å². The Morgan fingerprint density at radius 1 is 1.14 bits per heavy atom. The number of hydrogen-bond donors (Lipinski definition) is 1. The lowest BCUT2D eigenvalue weighted by molar-refractivity contribution is 0.101. The molecule has 0 saturated carbocycles. The van der Waals surface area contributed by atoms with Crippen molar-refractivity contribution in [2.45, 2.75) is 13.5 Å². The number of anilines is 1. The zero-order chi connectivity index (χ0) is 20.3. The normalized spacial score (nSPS) is 10.9. The quantitative estimate of drug-likeness (QED) is 0.739. The number of halogens is 1. The first kappa shape index (κ1) is 19.4. The monoisotopic (exact) mass is 380 g/mol. The van der Waals surface area contributed by atoms with Gasteiger partial charge in [0.1, 0.15) is 11.5 Å². The predicted molar refractivity (Wildman–Crippen MR) is 106 cm³/mol. The molecule has 0 bridgehead atoms. The highest BCUT2D eigenvalue weighted by Gasteiger charge is 2.17. The molecule has 6 nitrogen and oxygen atoms in total. The lowest BCUT2D eigenvalue weighted by atomic mass is 10.2. The fourth-order valence-electron chi connectivity index (χ4n) is 2.87. The highest BCUT2D eigenvalue weighted by atomic mass is 19.1. The van der Waals surface area contributed by atoms with E-state index in [-0.39, 0.29) is 11.4 Å². The van der Waals surface area contributed by atoms with Gasteiger partial charge in [-0.05, 0) is 50.8 Å². The van der Waals surface area contributed by atoms with Crippen LogP contribution >= 0.6 is 0 Å². The van der Waals surface area contributed by atoms with Gasteiger partial charge in [-0.3, -0.25) is 9.59 Å². The standard InChI is InChI=1S/C21H21FN4O2/c1-14-11-19(27)20(24-26(14)18-10-5-4-9-17(18)22)21(28)23-16-8-6-7-15(12-16)13-25(2)3/h4-12H,13H2,1-3H3,(H,23,28). The number of amides is 1. The van der Waals surface area contributed by atoms with Gasteiger partial charge in [0.05, 0.1) is 0 Å². The summed E-state index contributed by atoms with van der Waals surface area (Å²) >= 11 is 0. The largest absolute Gasteiger partial charge is 0.320 e. The molecule has 1 heterocycles. The number of carbonyl (C=O) groups is 1. The van der Waals surface area contributed by atoms with E-state index in [2.05, 4.69) is 10.4 Å². The van der Waals surface area contributed by atoms with E-state index in [4.69, 9.17) is 0 Å². The molecule has 144 valence electrons. The summed E-state index contributed by atoms with van der Waals surface area (Å²) in [7, 11) is 3.90. The van der Waals surface area contributed by atoms with Crippen molar-refractivity contribution in [3.8, 4) is 5.69 Å². The predicted octanol–water partition coefficient (Wildman–Crippen LogP) is 2.99. The van der Waals surface area contributed by atoms with Crippen molar-refractivity contribution in [1.82, 2.24) is 14.7 Å². The number of aryl methyl sites for hydroxylation is 1. The van der Waals surface area contributed by atoms with Crippen molar-refractivity contribution in [3.05, 3.63) is 87.6 Å². The molecule has 0 aliphatic carbocycles. The van der Waals surface area contributed by atoms with E-state index in [1.165, 1.54) is 22.9 Å². The summed E-state index contributed by atoms with van der Waals surface area (Å²) in [6, 6.07) is 14.7. The van der Waals surface area contributed by atoms with Crippen LogP contribution in [0.2, 0.25) is 0 Å². The van der Waals surface area contributed by atoms with Crippen LogP contribution in [0.4, 0.5) is 10.1 Å². The van der Waals surface area contributed by atoms with E-state index in [9.17, 15) is 14.0 Å². The van der Waals surface area contributed by atoms with Crippen LogP contribution in [0.3, 0.4) is 0 Å². The Labute approximate surface area is 162 Å². The first-order chi connectivity index (χ1) is 13.3. The van der Waals surface area contributed by atoms with Crippen molar-refractivity contribution in [1.29, 1.82) is 0 Å². The number of aromatic nitrogens is 2. The minimum absolute atomic E-state index is 0.169. The molecule has 3 rings (SSSR count). The molecule has 0 unspecified atom stereocenters. The molecule has 3 aromatic rings. The number of para-hydroxylation sites is 1. The van der Waals surface area contributed by atoms with Crippen molar-refractivity contribution in [2.75, 3.05) is 19.4 Å². The summed E-state index contributed by atoms with van der Waals surface area (Å²) in [5.41, 5.74) is 1.35. The molecule has 0 fully saturated rings. The second-order valence-corrected chi connectivity index (χ2v) is 6.75. The van der Waals surface area contributed by atoms with Gasteiger partial charge in [0, 0.05) is 24.0 Å². The maximum Gasteiger partial charge on any atom is 0.280 e. The molecule has 2 aromatic carbocycles. The second-order valence-electron chi connectivity index (χ2n) is 6.75. The molecule has 1 aromatic heterocycles. The van der Waals surface area contributed by atoms with Gasteiger partial charge >= 0.3 is 0 Å². The zero-order valence-electron chi connectivity index (χ0n) is 15.9. The minimum Gasteiger partial charge on any atom is -0.320 e. The van der Waals surface area contributed by atoms with Crippen molar-refractivity contribution in [3.63, 3.8) is 0 Å². The van der Waals surface area contributed by atoms with Crippen LogP contribution in [0.5, 0.6) is 0 Å². The SMILES string of the molecule is Cc1cc(=O)c(C(=O)Nc2cccc(CN(C)C)c2)nn1-c1ccccc1F. The average Bonchev–Trinajstić information content (AvgIpc) is 2.62. The van der Waals surface area contributed by atoms with Gasteiger partial charge in [-0.1, -0.05) is 24.3 Å². The Balaban J connectivity index is 1.93. The number of hydrogen-bond acceptors (Lipinski definition) is 4. The van der Waals surface area contributed by atoms with E-state index in [0.717, 1.165) is 5.56 Å².